The van der Waals surface area contributed by atoms with E-state index < -0.39 is 9.84 Å². The lowest BCUT2D eigenvalue weighted by Crippen LogP contribution is -2.38. The van der Waals surface area contributed by atoms with E-state index in [-0.39, 0.29) is 5.75 Å². The Morgan fingerprint density at radius 1 is 1.29 bits per heavy atom. The van der Waals surface area contributed by atoms with Gasteiger partial charge in [-0.15, -0.1) is 0 Å². The number of hydrogen-bond acceptors (Lipinski definition) is 4. The van der Waals surface area contributed by atoms with Gasteiger partial charge in [0.15, 0.2) is 0 Å². The first-order valence-electron chi connectivity index (χ1n) is 6.74. The molecule has 1 atom stereocenters. The number of sulfone groups is 1. The molecule has 1 fully saturated rings. The van der Waals surface area contributed by atoms with E-state index in [4.69, 9.17) is 0 Å². The summed E-state index contributed by atoms with van der Waals surface area (Å²) in [5.74, 6) is 0.607. The van der Waals surface area contributed by atoms with Crippen molar-refractivity contribution >= 4 is 9.84 Å². The molecule has 0 saturated carbocycles. The molecule has 0 radical (unpaired) electrons. The fourth-order valence-corrected chi connectivity index (χ4v) is 3.20. The van der Waals surface area contributed by atoms with Gasteiger partial charge in [0, 0.05) is 18.3 Å². The van der Waals surface area contributed by atoms with E-state index in [9.17, 15) is 8.42 Å². The summed E-state index contributed by atoms with van der Waals surface area (Å²) in [6.07, 6.45) is 3.10. The van der Waals surface area contributed by atoms with Crippen molar-refractivity contribution in [2.45, 2.75) is 39.2 Å². The highest BCUT2D eigenvalue weighted by atomic mass is 32.2. The topological polar surface area (TPSA) is 49.4 Å². The first kappa shape index (κ1) is 14.9. The van der Waals surface area contributed by atoms with Crippen LogP contribution in [0.4, 0.5) is 0 Å². The third kappa shape index (κ3) is 5.36. The first-order chi connectivity index (χ1) is 8.09. The van der Waals surface area contributed by atoms with E-state index in [2.05, 4.69) is 17.1 Å². The molecule has 1 unspecified atom stereocenters. The van der Waals surface area contributed by atoms with Gasteiger partial charge >= 0.3 is 0 Å². The van der Waals surface area contributed by atoms with E-state index in [0.717, 1.165) is 39.0 Å². The lowest BCUT2D eigenvalue weighted by atomic mass is 10.2. The van der Waals surface area contributed by atoms with E-state index >= 15 is 0 Å². The number of nitrogens with zero attached hydrogens (tertiary/aromatic N) is 1. The van der Waals surface area contributed by atoms with Crippen LogP contribution in [-0.2, 0) is 9.84 Å². The fourth-order valence-electron chi connectivity index (χ4n) is 2.35. The van der Waals surface area contributed by atoms with Crippen LogP contribution in [0.2, 0.25) is 0 Å². The minimum Gasteiger partial charge on any atom is -0.315 e. The van der Waals surface area contributed by atoms with Crippen LogP contribution >= 0.6 is 0 Å². The molecule has 5 heteroatoms. The standard InChI is InChI=1S/C12H26N2O2S/c1-3-8-14(12-6-7-13-11-12)9-5-10-17(15,16)4-2/h12-13H,3-11H2,1-2H3. The van der Waals surface area contributed by atoms with Crippen molar-refractivity contribution in [3.8, 4) is 0 Å². The van der Waals surface area contributed by atoms with Gasteiger partial charge in [-0.2, -0.15) is 0 Å². The Morgan fingerprint density at radius 2 is 2.06 bits per heavy atom. The van der Waals surface area contributed by atoms with E-state index in [1.807, 2.05) is 0 Å². The second-order valence-electron chi connectivity index (χ2n) is 4.77. The second kappa shape index (κ2) is 7.34. The molecule has 17 heavy (non-hydrogen) atoms. The molecule has 1 aliphatic rings. The van der Waals surface area contributed by atoms with Crippen molar-refractivity contribution in [3.05, 3.63) is 0 Å². The number of rotatable bonds is 8. The van der Waals surface area contributed by atoms with E-state index in [1.54, 1.807) is 6.92 Å². The summed E-state index contributed by atoms with van der Waals surface area (Å²) < 4.78 is 22.9. The monoisotopic (exact) mass is 262 g/mol. The Morgan fingerprint density at radius 3 is 2.59 bits per heavy atom. The fraction of sp³-hybridized carbons (Fsp3) is 1.00. The van der Waals surface area contributed by atoms with Gasteiger partial charge in [-0.3, -0.25) is 4.90 Å². The highest BCUT2D eigenvalue weighted by Gasteiger charge is 2.21. The lowest BCUT2D eigenvalue weighted by Gasteiger charge is -2.27. The zero-order chi connectivity index (χ0) is 12.7. The minimum atomic E-state index is -2.80. The summed E-state index contributed by atoms with van der Waals surface area (Å²) in [7, 11) is -2.80. The predicted molar refractivity (Wildman–Crippen MR) is 72.1 cm³/mol. The number of hydrogen-bond donors (Lipinski definition) is 1. The largest absolute Gasteiger partial charge is 0.315 e. The van der Waals surface area contributed by atoms with Crippen molar-refractivity contribution in [2.75, 3.05) is 37.7 Å². The molecule has 0 aliphatic carbocycles. The van der Waals surface area contributed by atoms with Gasteiger partial charge in [0.1, 0.15) is 9.84 Å². The van der Waals surface area contributed by atoms with Crippen LogP contribution in [0, 0.1) is 0 Å². The Kier molecular flexibility index (Phi) is 6.44. The SMILES string of the molecule is CCCN(CCCS(=O)(=O)CC)C1CCNC1. The molecule has 0 aromatic heterocycles. The third-order valence-electron chi connectivity index (χ3n) is 3.40. The highest BCUT2D eigenvalue weighted by molar-refractivity contribution is 7.91. The van der Waals surface area contributed by atoms with Crippen LogP contribution in [0.3, 0.4) is 0 Å². The third-order valence-corrected chi connectivity index (χ3v) is 5.19. The van der Waals surface area contributed by atoms with Crippen LogP contribution in [0.5, 0.6) is 0 Å². The maximum absolute atomic E-state index is 11.4. The van der Waals surface area contributed by atoms with Crippen molar-refractivity contribution in [1.29, 1.82) is 0 Å². The molecule has 0 aromatic rings. The Bertz CT molecular complexity index is 298. The molecule has 1 N–H and O–H groups in total. The van der Waals surface area contributed by atoms with Gasteiger partial charge in [-0.1, -0.05) is 13.8 Å². The van der Waals surface area contributed by atoms with Gasteiger partial charge in [0.05, 0.1) is 5.75 Å². The summed E-state index contributed by atoms with van der Waals surface area (Å²) in [5.41, 5.74) is 0. The first-order valence-corrected chi connectivity index (χ1v) is 8.56. The van der Waals surface area contributed by atoms with Gasteiger partial charge < -0.3 is 5.32 Å². The predicted octanol–water partition coefficient (Wildman–Crippen LogP) is 0.885. The minimum absolute atomic E-state index is 0.270. The molecule has 1 aliphatic heterocycles. The molecule has 0 aromatic carbocycles. The van der Waals surface area contributed by atoms with Gasteiger partial charge in [-0.05, 0) is 38.9 Å². The maximum atomic E-state index is 11.4. The smallest absolute Gasteiger partial charge is 0.150 e. The quantitative estimate of drug-likeness (QED) is 0.706. The van der Waals surface area contributed by atoms with E-state index in [0.29, 0.717) is 11.8 Å². The lowest BCUT2D eigenvalue weighted by molar-refractivity contribution is 0.209. The summed E-state index contributed by atoms with van der Waals surface area (Å²) >= 11 is 0. The Labute approximate surface area is 106 Å². The molecule has 1 rings (SSSR count). The summed E-state index contributed by atoms with van der Waals surface area (Å²) in [6.45, 7) is 8.05. The van der Waals surface area contributed by atoms with Crippen molar-refractivity contribution in [2.24, 2.45) is 0 Å². The van der Waals surface area contributed by atoms with Crippen LogP contribution in [0.25, 0.3) is 0 Å². The average molecular weight is 262 g/mol. The molecular formula is C12H26N2O2S. The number of nitrogens with one attached hydrogen (secondary N) is 1. The summed E-state index contributed by atoms with van der Waals surface area (Å²) in [6, 6.07) is 0.610. The molecular weight excluding hydrogens is 236 g/mol. The van der Waals surface area contributed by atoms with Gasteiger partial charge in [0.2, 0.25) is 0 Å². The molecule has 1 heterocycles. The molecule has 4 nitrogen and oxygen atoms in total. The van der Waals surface area contributed by atoms with E-state index in [1.165, 1.54) is 6.42 Å². The normalized spacial score (nSPS) is 21.2. The second-order valence-corrected chi connectivity index (χ2v) is 7.25. The van der Waals surface area contributed by atoms with Crippen LogP contribution in [0.15, 0.2) is 0 Å². The van der Waals surface area contributed by atoms with Crippen molar-refractivity contribution in [1.82, 2.24) is 10.2 Å². The molecule has 0 amide bonds. The highest BCUT2D eigenvalue weighted by Crippen LogP contribution is 2.10. The van der Waals surface area contributed by atoms with Crippen LogP contribution < -0.4 is 5.32 Å². The van der Waals surface area contributed by atoms with Crippen molar-refractivity contribution < 1.29 is 8.42 Å². The molecule has 1 saturated heterocycles. The van der Waals surface area contributed by atoms with Gasteiger partial charge in [-0.25, -0.2) is 8.42 Å². The maximum Gasteiger partial charge on any atom is 0.150 e. The van der Waals surface area contributed by atoms with Crippen molar-refractivity contribution in [3.63, 3.8) is 0 Å². The van der Waals surface area contributed by atoms with Gasteiger partial charge in [0.25, 0.3) is 0 Å². The van der Waals surface area contributed by atoms with Crippen LogP contribution in [0.1, 0.15) is 33.1 Å². The Balaban J connectivity index is 2.34. The Hall–Kier alpha value is -0.130. The molecule has 102 valence electrons. The van der Waals surface area contributed by atoms with Crippen LogP contribution in [-0.4, -0.2) is 57.0 Å². The molecule has 0 spiro atoms. The summed E-state index contributed by atoms with van der Waals surface area (Å²) in [5, 5.41) is 3.37. The molecule has 0 bridgehead atoms. The zero-order valence-corrected chi connectivity index (χ0v) is 11.9. The average Bonchev–Trinajstić information content (AvgIpc) is 2.81. The summed E-state index contributed by atoms with van der Waals surface area (Å²) in [4.78, 5) is 2.45. The zero-order valence-electron chi connectivity index (χ0n) is 11.1.